The van der Waals surface area contributed by atoms with E-state index >= 15 is 0 Å². The number of carboxylic acid groups (broad SMARTS) is 1. The first-order chi connectivity index (χ1) is 9.49. The molecule has 0 aliphatic heterocycles. The first-order valence-electron chi connectivity index (χ1n) is 5.72. The van der Waals surface area contributed by atoms with Gasteiger partial charge in [-0.15, -0.1) is 0 Å². The van der Waals surface area contributed by atoms with Crippen LogP contribution in [0.4, 0.5) is 5.69 Å². The van der Waals surface area contributed by atoms with E-state index in [9.17, 15) is 9.59 Å². The van der Waals surface area contributed by atoms with Crippen molar-refractivity contribution in [2.24, 2.45) is 0 Å². The van der Waals surface area contributed by atoms with E-state index in [0.717, 1.165) is 0 Å². The van der Waals surface area contributed by atoms with Crippen molar-refractivity contribution in [1.82, 2.24) is 4.98 Å². The topological polar surface area (TPSA) is 70.5 Å². The number of halogens is 1. The quantitative estimate of drug-likeness (QED) is 0.876. The van der Waals surface area contributed by atoms with Gasteiger partial charge in [0.05, 0.1) is 5.56 Å². The molecule has 1 amide bonds. The number of anilines is 1. The molecule has 0 aliphatic carbocycles. The van der Waals surface area contributed by atoms with Gasteiger partial charge in [-0.25, -0.2) is 9.78 Å². The van der Waals surface area contributed by atoms with Crippen LogP contribution in [-0.2, 0) is 0 Å². The number of hydrogen-bond acceptors (Lipinski definition) is 3. The van der Waals surface area contributed by atoms with Crippen molar-refractivity contribution in [2.75, 3.05) is 11.9 Å². The number of nitrogens with zero attached hydrogens (tertiary/aromatic N) is 2. The second kappa shape index (κ2) is 5.83. The average molecular weight is 335 g/mol. The molecule has 0 unspecified atom stereocenters. The Morgan fingerprint density at radius 1 is 1.15 bits per heavy atom. The molecule has 2 aromatic rings. The first-order valence-corrected chi connectivity index (χ1v) is 6.51. The summed E-state index contributed by atoms with van der Waals surface area (Å²) in [5, 5.41) is 8.84. The molecule has 0 saturated heterocycles. The van der Waals surface area contributed by atoms with Crippen LogP contribution in [0.3, 0.4) is 0 Å². The number of carbonyl (C=O) groups is 2. The van der Waals surface area contributed by atoms with Crippen molar-refractivity contribution >= 4 is 33.5 Å². The fourth-order valence-electron chi connectivity index (χ4n) is 1.67. The number of carboxylic acids is 1. The summed E-state index contributed by atoms with van der Waals surface area (Å²) in [5.41, 5.74) is 1.30. The SMILES string of the molecule is CN(C(=O)c1ccnc(Br)c1)c1ccc(C(=O)O)cc1. The lowest BCUT2D eigenvalue weighted by atomic mass is 10.2. The lowest BCUT2D eigenvalue weighted by molar-refractivity contribution is 0.0696. The molecule has 0 radical (unpaired) electrons. The van der Waals surface area contributed by atoms with Crippen LogP contribution < -0.4 is 4.90 Å². The molecule has 102 valence electrons. The number of benzene rings is 1. The maximum absolute atomic E-state index is 12.3. The van der Waals surface area contributed by atoms with Crippen molar-refractivity contribution in [3.63, 3.8) is 0 Å². The average Bonchev–Trinajstić information content (AvgIpc) is 2.46. The van der Waals surface area contributed by atoms with Gasteiger partial charge in [0, 0.05) is 24.5 Å². The molecule has 0 saturated carbocycles. The van der Waals surface area contributed by atoms with E-state index < -0.39 is 5.97 Å². The summed E-state index contributed by atoms with van der Waals surface area (Å²) in [7, 11) is 1.63. The third-order valence-electron chi connectivity index (χ3n) is 2.78. The lowest BCUT2D eigenvalue weighted by Crippen LogP contribution is -2.26. The summed E-state index contributed by atoms with van der Waals surface area (Å²) < 4.78 is 0.581. The molecule has 0 atom stereocenters. The number of aromatic nitrogens is 1. The molecule has 0 bridgehead atoms. The van der Waals surface area contributed by atoms with E-state index in [2.05, 4.69) is 20.9 Å². The van der Waals surface area contributed by atoms with Gasteiger partial charge in [-0.3, -0.25) is 4.79 Å². The second-order valence-electron chi connectivity index (χ2n) is 4.08. The third-order valence-corrected chi connectivity index (χ3v) is 3.21. The van der Waals surface area contributed by atoms with Gasteiger partial charge in [0.15, 0.2) is 0 Å². The minimum absolute atomic E-state index is 0.182. The molecule has 20 heavy (non-hydrogen) atoms. The predicted octanol–water partition coefficient (Wildman–Crippen LogP) is 2.82. The molecule has 0 fully saturated rings. The highest BCUT2D eigenvalue weighted by molar-refractivity contribution is 9.10. The van der Waals surface area contributed by atoms with Crippen LogP contribution >= 0.6 is 15.9 Å². The van der Waals surface area contributed by atoms with Gasteiger partial charge in [-0.1, -0.05) is 0 Å². The van der Waals surface area contributed by atoms with Gasteiger partial charge in [0.25, 0.3) is 5.91 Å². The van der Waals surface area contributed by atoms with Crippen molar-refractivity contribution in [1.29, 1.82) is 0 Å². The molecule has 5 nitrogen and oxygen atoms in total. The summed E-state index contributed by atoms with van der Waals surface area (Å²) in [4.78, 5) is 28.5. The van der Waals surface area contributed by atoms with Crippen LogP contribution in [-0.4, -0.2) is 29.0 Å². The summed E-state index contributed by atoms with van der Waals surface area (Å²) in [6, 6.07) is 9.36. The molecule has 2 rings (SSSR count). The van der Waals surface area contributed by atoms with E-state index in [0.29, 0.717) is 15.9 Å². The first kappa shape index (κ1) is 14.2. The molecule has 0 spiro atoms. The van der Waals surface area contributed by atoms with E-state index in [4.69, 9.17) is 5.11 Å². The number of amides is 1. The van der Waals surface area contributed by atoms with E-state index in [1.807, 2.05) is 0 Å². The summed E-state index contributed by atoms with van der Waals surface area (Å²) in [5.74, 6) is -1.19. The van der Waals surface area contributed by atoms with E-state index in [-0.39, 0.29) is 11.5 Å². The van der Waals surface area contributed by atoms with Gasteiger partial charge in [-0.05, 0) is 52.3 Å². The monoisotopic (exact) mass is 334 g/mol. The van der Waals surface area contributed by atoms with Crippen LogP contribution in [0.1, 0.15) is 20.7 Å². The lowest BCUT2D eigenvalue weighted by Gasteiger charge is -2.17. The van der Waals surface area contributed by atoms with Gasteiger partial charge in [-0.2, -0.15) is 0 Å². The Labute approximate surface area is 124 Å². The van der Waals surface area contributed by atoms with Crippen LogP contribution in [0.2, 0.25) is 0 Å². The normalized spacial score (nSPS) is 10.1. The third kappa shape index (κ3) is 3.03. The number of rotatable bonds is 3. The zero-order chi connectivity index (χ0) is 14.7. The molecule has 1 heterocycles. The molecule has 1 aromatic heterocycles. The minimum Gasteiger partial charge on any atom is -0.478 e. The maximum Gasteiger partial charge on any atom is 0.335 e. The highest BCUT2D eigenvalue weighted by Gasteiger charge is 2.14. The zero-order valence-corrected chi connectivity index (χ0v) is 12.2. The van der Waals surface area contributed by atoms with Crippen molar-refractivity contribution in [2.45, 2.75) is 0 Å². The summed E-state index contributed by atoms with van der Waals surface area (Å²) in [6.07, 6.45) is 1.54. The van der Waals surface area contributed by atoms with Crippen LogP contribution in [0.15, 0.2) is 47.2 Å². The Morgan fingerprint density at radius 2 is 1.80 bits per heavy atom. The Kier molecular flexibility index (Phi) is 4.14. The zero-order valence-electron chi connectivity index (χ0n) is 10.6. The van der Waals surface area contributed by atoms with Crippen LogP contribution in [0.5, 0.6) is 0 Å². The number of pyridine rings is 1. The van der Waals surface area contributed by atoms with Crippen molar-refractivity contribution in [3.8, 4) is 0 Å². The molecule has 1 N–H and O–H groups in total. The van der Waals surface area contributed by atoms with Gasteiger partial charge in [0.1, 0.15) is 4.60 Å². The van der Waals surface area contributed by atoms with Crippen molar-refractivity contribution in [3.05, 3.63) is 58.3 Å². The molecule has 1 aromatic carbocycles. The fraction of sp³-hybridized carbons (Fsp3) is 0.0714. The molecule has 6 heteroatoms. The number of aromatic carboxylic acids is 1. The summed E-state index contributed by atoms with van der Waals surface area (Å²) in [6.45, 7) is 0. The maximum atomic E-state index is 12.3. The molecular weight excluding hydrogens is 324 g/mol. The second-order valence-corrected chi connectivity index (χ2v) is 4.90. The van der Waals surface area contributed by atoms with Crippen LogP contribution in [0, 0.1) is 0 Å². The van der Waals surface area contributed by atoms with Crippen LogP contribution in [0.25, 0.3) is 0 Å². The Balaban J connectivity index is 2.24. The minimum atomic E-state index is -0.997. The molecule has 0 aliphatic rings. The highest BCUT2D eigenvalue weighted by Crippen LogP contribution is 2.17. The van der Waals surface area contributed by atoms with E-state index in [1.165, 1.54) is 17.0 Å². The Morgan fingerprint density at radius 3 is 2.35 bits per heavy atom. The highest BCUT2D eigenvalue weighted by atomic mass is 79.9. The van der Waals surface area contributed by atoms with Gasteiger partial charge in [0.2, 0.25) is 0 Å². The van der Waals surface area contributed by atoms with Gasteiger partial charge < -0.3 is 10.0 Å². The Bertz CT molecular complexity index is 656. The largest absolute Gasteiger partial charge is 0.478 e. The van der Waals surface area contributed by atoms with Gasteiger partial charge >= 0.3 is 5.97 Å². The van der Waals surface area contributed by atoms with E-state index in [1.54, 1.807) is 37.5 Å². The number of carbonyl (C=O) groups excluding carboxylic acids is 1. The Hall–Kier alpha value is -2.21. The molecular formula is C14H11BrN2O3. The van der Waals surface area contributed by atoms with Crippen molar-refractivity contribution < 1.29 is 14.7 Å². The summed E-state index contributed by atoms with van der Waals surface area (Å²) >= 11 is 3.21. The smallest absolute Gasteiger partial charge is 0.335 e. The predicted molar refractivity (Wildman–Crippen MR) is 78.1 cm³/mol. The fourth-order valence-corrected chi connectivity index (χ4v) is 2.04. The number of hydrogen-bond donors (Lipinski definition) is 1. The standard InChI is InChI=1S/C14H11BrN2O3/c1-17(11-4-2-9(3-5-11)14(19)20)13(18)10-6-7-16-12(15)8-10/h2-8H,1H3,(H,19,20).